The summed E-state index contributed by atoms with van der Waals surface area (Å²) in [6.07, 6.45) is 1.10. The van der Waals surface area contributed by atoms with Crippen LogP contribution in [0.25, 0.3) is 0 Å². The highest BCUT2D eigenvalue weighted by atomic mass is 35.5. The van der Waals surface area contributed by atoms with Crippen LogP contribution in [0.1, 0.15) is 37.4 Å². The molecule has 0 radical (unpaired) electrons. The van der Waals surface area contributed by atoms with Crippen molar-refractivity contribution in [2.75, 3.05) is 0 Å². The lowest BCUT2D eigenvalue weighted by atomic mass is 9.91. The molecule has 0 aromatic heterocycles. The number of benzene rings is 1. The van der Waals surface area contributed by atoms with Crippen LogP contribution in [-0.2, 0) is 0 Å². The molecule has 2 atom stereocenters. The second kappa shape index (κ2) is 6.37. The van der Waals surface area contributed by atoms with Crippen molar-refractivity contribution in [1.82, 2.24) is 0 Å². The zero-order valence-corrected chi connectivity index (χ0v) is 11.0. The molecule has 1 rings (SSSR count). The molecule has 0 heterocycles. The summed E-state index contributed by atoms with van der Waals surface area (Å²) in [5.74, 6) is 0.509. The van der Waals surface area contributed by atoms with Crippen molar-refractivity contribution in [2.24, 2.45) is 11.7 Å². The van der Waals surface area contributed by atoms with Gasteiger partial charge in [0, 0.05) is 11.1 Å². The van der Waals surface area contributed by atoms with Gasteiger partial charge >= 0.3 is 0 Å². The summed E-state index contributed by atoms with van der Waals surface area (Å²) >= 11 is 5.89. The Morgan fingerprint density at radius 2 is 2.00 bits per heavy atom. The van der Waals surface area contributed by atoms with Crippen molar-refractivity contribution >= 4 is 24.0 Å². The minimum absolute atomic E-state index is 0. The van der Waals surface area contributed by atoms with E-state index in [2.05, 4.69) is 20.8 Å². The number of aryl methyl sites for hydroxylation is 1. The molecule has 1 aromatic carbocycles. The first kappa shape index (κ1) is 14.8. The van der Waals surface area contributed by atoms with E-state index >= 15 is 0 Å². The van der Waals surface area contributed by atoms with Gasteiger partial charge in [-0.3, -0.25) is 0 Å². The van der Waals surface area contributed by atoms with Gasteiger partial charge in [0.05, 0.1) is 0 Å². The summed E-state index contributed by atoms with van der Waals surface area (Å²) in [5.41, 5.74) is 8.55. The maximum Gasteiger partial charge on any atom is 0.0408 e. The number of nitrogens with two attached hydrogens (primary N) is 1. The fourth-order valence-electron chi connectivity index (χ4n) is 1.57. The van der Waals surface area contributed by atoms with Gasteiger partial charge in [-0.2, -0.15) is 0 Å². The van der Waals surface area contributed by atoms with Crippen LogP contribution in [-0.4, -0.2) is 0 Å². The van der Waals surface area contributed by atoms with E-state index in [-0.39, 0.29) is 18.4 Å². The highest BCUT2D eigenvalue weighted by Gasteiger charge is 2.14. The van der Waals surface area contributed by atoms with Gasteiger partial charge in [-0.15, -0.1) is 12.4 Å². The summed E-state index contributed by atoms with van der Waals surface area (Å²) in [5, 5.41) is 0.780. The molecule has 0 aliphatic rings. The number of hydrogen-bond acceptors (Lipinski definition) is 1. The Kier molecular flexibility index (Phi) is 6.26. The lowest BCUT2D eigenvalue weighted by Crippen LogP contribution is -2.19. The molecule has 3 heteroatoms. The first-order valence-electron chi connectivity index (χ1n) is 5.08. The number of halogens is 2. The standard InChI is InChI=1S/C12H18ClN.ClH/c1-4-8(2)12(14)11-6-5-10(13)7-9(11)3;/h5-8,12H,4,14H2,1-3H3;1H/t8?,12-;/m0./s1. The molecule has 2 N–H and O–H groups in total. The molecule has 0 aliphatic heterocycles. The first-order chi connectivity index (χ1) is 6.56. The number of rotatable bonds is 3. The van der Waals surface area contributed by atoms with Crippen molar-refractivity contribution < 1.29 is 0 Å². The van der Waals surface area contributed by atoms with Crippen LogP contribution in [0, 0.1) is 12.8 Å². The average Bonchev–Trinajstić information content (AvgIpc) is 2.15. The average molecular weight is 248 g/mol. The Balaban J connectivity index is 0.00000196. The van der Waals surface area contributed by atoms with E-state index in [1.807, 2.05) is 18.2 Å². The Morgan fingerprint density at radius 1 is 1.40 bits per heavy atom. The van der Waals surface area contributed by atoms with Crippen LogP contribution in [0.4, 0.5) is 0 Å². The minimum atomic E-state index is 0. The molecular weight excluding hydrogens is 229 g/mol. The molecule has 15 heavy (non-hydrogen) atoms. The molecule has 0 saturated carbocycles. The molecule has 0 aliphatic carbocycles. The fraction of sp³-hybridized carbons (Fsp3) is 0.500. The van der Waals surface area contributed by atoms with Crippen molar-refractivity contribution in [3.8, 4) is 0 Å². The smallest absolute Gasteiger partial charge is 0.0408 e. The third-order valence-electron chi connectivity index (χ3n) is 2.85. The summed E-state index contributed by atoms with van der Waals surface area (Å²) < 4.78 is 0. The van der Waals surface area contributed by atoms with Gasteiger partial charge in [-0.05, 0) is 36.1 Å². The van der Waals surface area contributed by atoms with E-state index in [1.54, 1.807) is 0 Å². The third-order valence-corrected chi connectivity index (χ3v) is 3.08. The Bertz CT molecular complexity index is 312. The third kappa shape index (κ3) is 3.67. The van der Waals surface area contributed by atoms with E-state index in [0.717, 1.165) is 11.4 Å². The predicted octanol–water partition coefficient (Wildman–Crippen LogP) is 4.12. The second-order valence-corrected chi connectivity index (χ2v) is 4.35. The maximum atomic E-state index is 6.16. The lowest BCUT2D eigenvalue weighted by Gasteiger charge is -2.20. The maximum absolute atomic E-state index is 6.16. The minimum Gasteiger partial charge on any atom is -0.324 e. The van der Waals surface area contributed by atoms with Crippen LogP contribution >= 0.6 is 24.0 Å². The van der Waals surface area contributed by atoms with Gasteiger partial charge < -0.3 is 5.73 Å². The van der Waals surface area contributed by atoms with E-state index in [9.17, 15) is 0 Å². The van der Waals surface area contributed by atoms with Crippen molar-refractivity contribution in [3.63, 3.8) is 0 Å². The van der Waals surface area contributed by atoms with Crippen LogP contribution in [0.3, 0.4) is 0 Å². The van der Waals surface area contributed by atoms with Gasteiger partial charge in [0.2, 0.25) is 0 Å². The molecule has 1 aromatic rings. The Labute approximate surface area is 103 Å². The molecule has 86 valence electrons. The molecule has 0 spiro atoms. The van der Waals surface area contributed by atoms with Crippen LogP contribution < -0.4 is 5.73 Å². The predicted molar refractivity (Wildman–Crippen MR) is 69.8 cm³/mol. The van der Waals surface area contributed by atoms with E-state index < -0.39 is 0 Å². The van der Waals surface area contributed by atoms with Crippen LogP contribution in [0.15, 0.2) is 18.2 Å². The van der Waals surface area contributed by atoms with Crippen molar-refractivity contribution in [3.05, 3.63) is 34.3 Å². The van der Waals surface area contributed by atoms with Crippen LogP contribution in [0.2, 0.25) is 5.02 Å². The fourth-order valence-corrected chi connectivity index (χ4v) is 1.80. The summed E-state index contributed by atoms with van der Waals surface area (Å²) in [4.78, 5) is 0. The zero-order chi connectivity index (χ0) is 10.7. The van der Waals surface area contributed by atoms with E-state index in [0.29, 0.717) is 5.92 Å². The van der Waals surface area contributed by atoms with E-state index in [4.69, 9.17) is 17.3 Å². The van der Waals surface area contributed by atoms with Gasteiger partial charge in [-0.25, -0.2) is 0 Å². The molecule has 1 nitrogen and oxygen atoms in total. The molecular formula is C12H19Cl2N. The summed E-state index contributed by atoms with van der Waals surface area (Å²) in [7, 11) is 0. The Morgan fingerprint density at radius 3 is 2.47 bits per heavy atom. The number of hydrogen-bond donors (Lipinski definition) is 1. The zero-order valence-electron chi connectivity index (χ0n) is 9.46. The topological polar surface area (TPSA) is 26.0 Å². The Hall–Kier alpha value is -0.240. The molecule has 1 unspecified atom stereocenters. The van der Waals surface area contributed by atoms with Crippen LogP contribution in [0.5, 0.6) is 0 Å². The highest BCUT2D eigenvalue weighted by molar-refractivity contribution is 6.30. The van der Waals surface area contributed by atoms with Gasteiger partial charge in [0.15, 0.2) is 0 Å². The normalized spacial score (nSPS) is 14.2. The first-order valence-corrected chi connectivity index (χ1v) is 5.45. The van der Waals surface area contributed by atoms with Gasteiger partial charge in [0.1, 0.15) is 0 Å². The highest BCUT2D eigenvalue weighted by Crippen LogP contribution is 2.26. The summed E-state index contributed by atoms with van der Waals surface area (Å²) in [6, 6.07) is 6.04. The second-order valence-electron chi connectivity index (χ2n) is 3.91. The molecule has 0 amide bonds. The quantitative estimate of drug-likeness (QED) is 0.855. The van der Waals surface area contributed by atoms with E-state index in [1.165, 1.54) is 11.1 Å². The van der Waals surface area contributed by atoms with Crippen molar-refractivity contribution in [2.45, 2.75) is 33.2 Å². The summed E-state index contributed by atoms with van der Waals surface area (Å²) in [6.45, 7) is 6.40. The monoisotopic (exact) mass is 247 g/mol. The largest absolute Gasteiger partial charge is 0.324 e. The van der Waals surface area contributed by atoms with Gasteiger partial charge in [-0.1, -0.05) is 37.9 Å². The molecule has 0 bridgehead atoms. The SMILES string of the molecule is CCC(C)[C@H](N)c1ccc(Cl)cc1C.Cl. The van der Waals surface area contributed by atoms with Gasteiger partial charge in [0.25, 0.3) is 0 Å². The van der Waals surface area contributed by atoms with Crippen molar-refractivity contribution in [1.29, 1.82) is 0 Å². The molecule has 0 fully saturated rings. The molecule has 0 saturated heterocycles. The lowest BCUT2D eigenvalue weighted by molar-refractivity contribution is 0.455.